The molecule has 0 unspecified atom stereocenters. The summed E-state index contributed by atoms with van der Waals surface area (Å²) in [6.45, 7) is 7.70. The van der Waals surface area contributed by atoms with Crippen LogP contribution in [0.3, 0.4) is 0 Å². The van der Waals surface area contributed by atoms with E-state index in [9.17, 15) is 19.2 Å². The van der Waals surface area contributed by atoms with Crippen molar-refractivity contribution in [2.75, 3.05) is 24.2 Å². The minimum absolute atomic E-state index is 0.0451. The van der Waals surface area contributed by atoms with Crippen LogP contribution in [0.15, 0.2) is 30.3 Å². The summed E-state index contributed by atoms with van der Waals surface area (Å²) in [5.41, 5.74) is 0.753. The SMILES string of the molecule is CN[C@@H](C)C(=O)N[C@H](C(=O)N1CCC[C@H]1C(=O)Nc1sc(NC(=O)C(C)(C)C)nc1-c1ccccc1)C1CCCCC1. The highest BCUT2D eigenvalue weighted by molar-refractivity contribution is 7.20. The molecule has 3 atom stereocenters. The summed E-state index contributed by atoms with van der Waals surface area (Å²) in [6.07, 6.45) is 6.16. The van der Waals surface area contributed by atoms with Gasteiger partial charge < -0.3 is 26.2 Å². The maximum atomic E-state index is 14.0. The van der Waals surface area contributed by atoms with Gasteiger partial charge in [0.25, 0.3) is 0 Å². The highest BCUT2D eigenvalue weighted by atomic mass is 32.1. The average Bonchev–Trinajstić information content (AvgIpc) is 3.63. The fraction of sp³-hybridized carbons (Fsp3) is 0.581. The Morgan fingerprint density at radius 2 is 1.67 bits per heavy atom. The third kappa shape index (κ3) is 7.55. The van der Waals surface area contributed by atoms with Crippen molar-refractivity contribution in [2.24, 2.45) is 11.3 Å². The van der Waals surface area contributed by atoms with Gasteiger partial charge in [-0.25, -0.2) is 4.98 Å². The summed E-state index contributed by atoms with van der Waals surface area (Å²) in [5.74, 6) is -0.841. The molecule has 2 aromatic rings. The number of aromatic nitrogens is 1. The first kappa shape index (κ1) is 31.6. The van der Waals surface area contributed by atoms with E-state index in [1.54, 1.807) is 18.9 Å². The molecule has 1 aromatic heterocycles. The number of carbonyl (C=O) groups is 4. The predicted octanol–water partition coefficient (Wildman–Crippen LogP) is 4.40. The maximum Gasteiger partial charge on any atom is 0.247 e. The minimum atomic E-state index is -0.666. The van der Waals surface area contributed by atoms with Crippen LogP contribution in [-0.4, -0.2) is 65.2 Å². The van der Waals surface area contributed by atoms with Crippen molar-refractivity contribution in [2.45, 2.75) is 90.8 Å². The third-order valence-electron chi connectivity index (χ3n) is 8.16. The number of carbonyl (C=O) groups excluding carboxylic acids is 4. The molecule has 4 amide bonds. The van der Waals surface area contributed by atoms with Gasteiger partial charge in [-0.3, -0.25) is 19.2 Å². The van der Waals surface area contributed by atoms with Crippen molar-refractivity contribution in [3.8, 4) is 11.3 Å². The smallest absolute Gasteiger partial charge is 0.247 e. The van der Waals surface area contributed by atoms with E-state index in [2.05, 4.69) is 26.3 Å². The van der Waals surface area contributed by atoms with Gasteiger partial charge in [0.2, 0.25) is 23.6 Å². The molecule has 2 fully saturated rings. The molecule has 228 valence electrons. The number of anilines is 2. The van der Waals surface area contributed by atoms with Crippen LogP contribution in [-0.2, 0) is 19.2 Å². The van der Waals surface area contributed by atoms with E-state index in [1.165, 1.54) is 11.3 Å². The zero-order valence-electron chi connectivity index (χ0n) is 25.3. The van der Waals surface area contributed by atoms with E-state index in [0.29, 0.717) is 35.2 Å². The first-order chi connectivity index (χ1) is 20.0. The van der Waals surface area contributed by atoms with E-state index in [4.69, 9.17) is 0 Å². The van der Waals surface area contributed by atoms with Gasteiger partial charge in [0.15, 0.2) is 5.13 Å². The Morgan fingerprint density at radius 1 is 0.976 bits per heavy atom. The number of likely N-dealkylation sites (tertiary alicyclic amines) is 1. The molecule has 0 bridgehead atoms. The van der Waals surface area contributed by atoms with Crippen LogP contribution in [0, 0.1) is 11.3 Å². The highest BCUT2D eigenvalue weighted by Crippen LogP contribution is 2.37. The summed E-state index contributed by atoms with van der Waals surface area (Å²) >= 11 is 1.20. The summed E-state index contributed by atoms with van der Waals surface area (Å²) in [7, 11) is 1.71. The van der Waals surface area contributed by atoms with Gasteiger partial charge in [-0.2, -0.15) is 0 Å². The summed E-state index contributed by atoms with van der Waals surface area (Å²) in [6, 6.07) is 7.71. The fourth-order valence-electron chi connectivity index (χ4n) is 5.47. The summed E-state index contributed by atoms with van der Waals surface area (Å²) in [4.78, 5) is 59.6. The van der Waals surface area contributed by atoms with Crippen LogP contribution >= 0.6 is 11.3 Å². The number of benzene rings is 1. The lowest BCUT2D eigenvalue weighted by atomic mass is 9.83. The molecule has 42 heavy (non-hydrogen) atoms. The van der Waals surface area contributed by atoms with Crippen LogP contribution in [0.2, 0.25) is 0 Å². The Morgan fingerprint density at radius 3 is 2.31 bits per heavy atom. The molecule has 4 N–H and O–H groups in total. The third-order valence-corrected chi connectivity index (χ3v) is 9.05. The van der Waals surface area contributed by atoms with Gasteiger partial charge in [0.1, 0.15) is 22.8 Å². The molecular weight excluding hydrogens is 552 g/mol. The number of likely N-dealkylation sites (N-methyl/N-ethyl adjacent to an activating group) is 1. The predicted molar refractivity (Wildman–Crippen MR) is 166 cm³/mol. The molecule has 11 heteroatoms. The van der Waals surface area contributed by atoms with E-state index in [1.807, 2.05) is 51.1 Å². The second-order valence-corrected chi connectivity index (χ2v) is 13.3. The molecule has 2 aliphatic rings. The molecule has 1 saturated carbocycles. The van der Waals surface area contributed by atoms with E-state index >= 15 is 0 Å². The fourth-order valence-corrected chi connectivity index (χ4v) is 6.36. The molecule has 1 aromatic carbocycles. The Bertz CT molecular complexity index is 1270. The molecule has 4 rings (SSSR count). The van der Waals surface area contributed by atoms with Crippen LogP contribution in [0.1, 0.15) is 72.6 Å². The van der Waals surface area contributed by atoms with E-state index in [-0.39, 0.29) is 29.5 Å². The molecule has 1 aliphatic heterocycles. The van der Waals surface area contributed by atoms with Gasteiger partial charge >= 0.3 is 0 Å². The molecular formula is C31H44N6O4S. The minimum Gasteiger partial charge on any atom is -0.343 e. The first-order valence-corrected chi connectivity index (χ1v) is 15.8. The molecule has 1 saturated heterocycles. The molecule has 0 radical (unpaired) electrons. The van der Waals surface area contributed by atoms with Crippen molar-refractivity contribution in [1.29, 1.82) is 0 Å². The molecule has 2 heterocycles. The number of amides is 4. The van der Waals surface area contributed by atoms with Crippen molar-refractivity contribution < 1.29 is 19.2 Å². The lowest BCUT2D eigenvalue weighted by Crippen LogP contribution is -2.57. The van der Waals surface area contributed by atoms with Crippen molar-refractivity contribution >= 4 is 45.1 Å². The van der Waals surface area contributed by atoms with Crippen molar-refractivity contribution in [1.82, 2.24) is 20.5 Å². The number of thiazole rings is 1. The van der Waals surface area contributed by atoms with Gasteiger partial charge in [-0.1, -0.05) is 81.7 Å². The molecule has 10 nitrogen and oxygen atoms in total. The lowest BCUT2D eigenvalue weighted by molar-refractivity contribution is -0.142. The average molecular weight is 597 g/mol. The topological polar surface area (TPSA) is 133 Å². The zero-order chi connectivity index (χ0) is 30.4. The zero-order valence-corrected chi connectivity index (χ0v) is 26.1. The Labute approximate surface area is 252 Å². The Kier molecular flexibility index (Phi) is 10.4. The van der Waals surface area contributed by atoms with Gasteiger partial charge in [0, 0.05) is 17.5 Å². The van der Waals surface area contributed by atoms with Crippen molar-refractivity contribution in [3.05, 3.63) is 30.3 Å². The molecule has 1 aliphatic carbocycles. The number of rotatable bonds is 9. The highest BCUT2D eigenvalue weighted by Gasteiger charge is 2.41. The Hall–Kier alpha value is -3.31. The van der Waals surface area contributed by atoms with Gasteiger partial charge in [0.05, 0.1) is 6.04 Å². The Balaban J connectivity index is 1.56. The second-order valence-electron chi connectivity index (χ2n) is 12.3. The second kappa shape index (κ2) is 13.8. The summed E-state index contributed by atoms with van der Waals surface area (Å²) < 4.78 is 0. The molecule has 0 spiro atoms. The van der Waals surface area contributed by atoms with Gasteiger partial charge in [-0.15, -0.1) is 0 Å². The monoisotopic (exact) mass is 596 g/mol. The van der Waals surface area contributed by atoms with E-state index < -0.39 is 23.5 Å². The van der Waals surface area contributed by atoms with Crippen LogP contribution < -0.4 is 21.3 Å². The first-order valence-electron chi connectivity index (χ1n) is 15.0. The summed E-state index contributed by atoms with van der Waals surface area (Å²) in [5, 5.41) is 12.8. The largest absolute Gasteiger partial charge is 0.343 e. The number of hydrogen-bond acceptors (Lipinski definition) is 7. The quantitative estimate of drug-likeness (QED) is 0.339. The lowest BCUT2D eigenvalue weighted by Gasteiger charge is -2.35. The van der Waals surface area contributed by atoms with Crippen LogP contribution in [0.5, 0.6) is 0 Å². The number of nitrogens with one attached hydrogen (secondary N) is 4. The van der Waals surface area contributed by atoms with Crippen molar-refractivity contribution in [3.63, 3.8) is 0 Å². The maximum absolute atomic E-state index is 14.0. The van der Waals surface area contributed by atoms with E-state index in [0.717, 1.165) is 37.7 Å². The number of hydrogen-bond donors (Lipinski definition) is 4. The number of nitrogens with zero attached hydrogens (tertiary/aromatic N) is 2. The van der Waals surface area contributed by atoms with Gasteiger partial charge in [-0.05, 0) is 45.6 Å². The van der Waals surface area contributed by atoms with Crippen LogP contribution in [0.25, 0.3) is 11.3 Å². The standard InChI is InChI=1S/C31H44N6O4S/c1-19(32-5)25(38)33-24(21-15-10-7-11-16-21)28(40)37-18-12-17-22(37)26(39)35-27-23(20-13-8-6-9-14-20)34-30(42-27)36-29(41)31(2,3)4/h6,8-9,13-14,19,21-22,24,32H,7,10-12,15-18H2,1-5H3,(H,33,38)(H,35,39)(H,34,36,41)/t19-,22-,24-/m0/s1. The normalized spacial score (nSPS) is 19.2. The van der Waals surface area contributed by atoms with Crippen LogP contribution in [0.4, 0.5) is 10.1 Å².